The van der Waals surface area contributed by atoms with Gasteiger partial charge < -0.3 is 10.0 Å². The zero-order valence-corrected chi connectivity index (χ0v) is 10.5. The third-order valence-electron chi connectivity index (χ3n) is 2.36. The molecular formula is C11H9ClFNO2S. The van der Waals surface area contributed by atoms with Crippen molar-refractivity contribution in [2.24, 2.45) is 0 Å². The van der Waals surface area contributed by atoms with E-state index in [1.54, 1.807) is 4.90 Å². The van der Waals surface area contributed by atoms with Crippen molar-refractivity contribution in [3.8, 4) is 0 Å². The van der Waals surface area contributed by atoms with Crippen LogP contribution in [0.4, 0.5) is 10.1 Å². The number of rotatable bonds is 2. The third-order valence-corrected chi connectivity index (χ3v) is 3.69. The van der Waals surface area contributed by atoms with Gasteiger partial charge in [-0.3, -0.25) is 0 Å². The molecule has 0 fully saturated rings. The number of fused-ring (bicyclic) bond motifs is 1. The van der Waals surface area contributed by atoms with Gasteiger partial charge in [-0.2, -0.15) is 0 Å². The van der Waals surface area contributed by atoms with Gasteiger partial charge in [-0.25, -0.2) is 9.18 Å². The second-order valence-electron chi connectivity index (χ2n) is 3.42. The molecule has 0 saturated heterocycles. The number of hydrogen-bond acceptors (Lipinski definition) is 3. The number of halogens is 2. The summed E-state index contributed by atoms with van der Waals surface area (Å²) in [5.74, 6) is -1.56. The van der Waals surface area contributed by atoms with Gasteiger partial charge in [0.1, 0.15) is 10.7 Å². The van der Waals surface area contributed by atoms with Crippen molar-refractivity contribution in [1.29, 1.82) is 0 Å². The van der Waals surface area contributed by atoms with E-state index < -0.39 is 11.8 Å². The molecule has 0 bridgehead atoms. The maximum Gasteiger partial charge on any atom is 0.344 e. The van der Waals surface area contributed by atoms with Gasteiger partial charge in [-0.1, -0.05) is 23.4 Å². The maximum absolute atomic E-state index is 13.3. The predicted molar refractivity (Wildman–Crippen MR) is 66.0 cm³/mol. The largest absolute Gasteiger partial charge is 0.477 e. The van der Waals surface area contributed by atoms with Crippen LogP contribution in [0.15, 0.2) is 28.1 Å². The summed E-state index contributed by atoms with van der Waals surface area (Å²) in [6, 6.07) is 2.78. The summed E-state index contributed by atoms with van der Waals surface area (Å²) < 4.78 is 13.3. The average molecular weight is 274 g/mol. The van der Waals surface area contributed by atoms with Crippen molar-refractivity contribution in [2.75, 3.05) is 11.4 Å². The van der Waals surface area contributed by atoms with Gasteiger partial charge in [0.15, 0.2) is 0 Å². The first-order chi connectivity index (χ1) is 8.02. The number of aliphatic carboxylic acids is 1. The Kier molecular flexibility index (Phi) is 3.31. The van der Waals surface area contributed by atoms with Crippen LogP contribution in [0.2, 0.25) is 5.02 Å². The van der Waals surface area contributed by atoms with Gasteiger partial charge in [0.05, 0.1) is 10.7 Å². The van der Waals surface area contributed by atoms with Crippen molar-refractivity contribution < 1.29 is 14.3 Å². The van der Waals surface area contributed by atoms with Gasteiger partial charge >= 0.3 is 5.97 Å². The highest BCUT2D eigenvalue weighted by Gasteiger charge is 2.23. The molecule has 3 nitrogen and oxygen atoms in total. The van der Waals surface area contributed by atoms with E-state index in [-0.39, 0.29) is 9.93 Å². The minimum atomic E-state index is -1.02. The Labute approximate surface area is 107 Å². The number of carboxylic acids is 1. The molecule has 0 radical (unpaired) electrons. The number of carbonyl (C=O) groups is 1. The Morgan fingerprint density at radius 3 is 2.88 bits per heavy atom. The van der Waals surface area contributed by atoms with Crippen LogP contribution in [0.1, 0.15) is 6.92 Å². The number of nitrogens with zero attached hydrogens (tertiary/aromatic N) is 1. The zero-order chi connectivity index (χ0) is 12.6. The predicted octanol–water partition coefficient (Wildman–Crippen LogP) is 3.34. The molecule has 1 aromatic rings. The summed E-state index contributed by atoms with van der Waals surface area (Å²) in [6.45, 7) is 2.47. The molecule has 90 valence electrons. The van der Waals surface area contributed by atoms with Gasteiger partial charge in [-0.15, -0.1) is 0 Å². The fraction of sp³-hybridized carbons (Fsp3) is 0.182. The van der Waals surface area contributed by atoms with Crippen LogP contribution in [0.25, 0.3) is 0 Å². The third kappa shape index (κ3) is 2.25. The fourth-order valence-electron chi connectivity index (χ4n) is 1.54. The number of hydrogen-bond donors (Lipinski definition) is 1. The first-order valence-electron chi connectivity index (χ1n) is 4.91. The molecule has 0 saturated carbocycles. The summed E-state index contributed by atoms with van der Waals surface area (Å²) >= 11 is 6.75. The van der Waals surface area contributed by atoms with E-state index in [1.165, 1.54) is 18.3 Å². The molecule has 0 unspecified atom stereocenters. The first-order valence-corrected chi connectivity index (χ1v) is 6.11. The Balaban J connectivity index is 2.51. The molecule has 0 amide bonds. The summed E-state index contributed by atoms with van der Waals surface area (Å²) in [6.07, 6.45) is 1.53. The topological polar surface area (TPSA) is 40.5 Å². The summed E-state index contributed by atoms with van der Waals surface area (Å²) in [4.78, 5) is 13.4. The van der Waals surface area contributed by atoms with Gasteiger partial charge in [0.25, 0.3) is 0 Å². The van der Waals surface area contributed by atoms with Crippen LogP contribution >= 0.6 is 23.4 Å². The van der Waals surface area contributed by atoms with E-state index in [1.807, 2.05) is 6.92 Å². The highest BCUT2D eigenvalue weighted by molar-refractivity contribution is 8.04. The summed E-state index contributed by atoms with van der Waals surface area (Å²) in [7, 11) is 0. The number of benzene rings is 1. The second kappa shape index (κ2) is 4.58. The summed E-state index contributed by atoms with van der Waals surface area (Å²) in [5.41, 5.74) is 0.730. The Morgan fingerprint density at radius 2 is 2.29 bits per heavy atom. The van der Waals surface area contributed by atoms with Crippen molar-refractivity contribution in [3.63, 3.8) is 0 Å². The first kappa shape index (κ1) is 12.3. The van der Waals surface area contributed by atoms with Crippen molar-refractivity contribution in [3.05, 3.63) is 34.1 Å². The van der Waals surface area contributed by atoms with E-state index in [2.05, 4.69) is 0 Å². The molecule has 1 aliphatic rings. The molecule has 0 aliphatic carbocycles. The lowest BCUT2D eigenvalue weighted by atomic mass is 10.2. The lowest BCUT2D eigenvalue weighted by molar-refractivity contribution is -0.131. The smallest absolute Gasteiger partial charge is 0.344 e. The molecule has 1 aliphatic heterocycles. The minimum absolute atomic E-state index is 0.0370. The average Bonchev–Trinajstić information content (AvgIpc) is 2.29. The van der Waals surface area contributed by atoms with Crippen LogP contribution < -0.4 is 4.90 Å². The van der Waals surface area contributed by atoms with Gasteiger partial charge in [-0.05, 0) is 19.1 Å². The fourth-order valence-corrected chi connectivity index (χ4v) is 2.65. The SMILES string of the molecule is CCN1C=C(C(=O)O)Sc2cc(F)c(Cl)cc21. The van der Waals surface area contributed by atoms with Gasteiger partial charge in [0, 0.05) is 17.6 Å². The quantitative estimate of drug-likeness (QED) is 0.897. The van der Waals surface area contributed by atoms with Crippen LogP contribution in [-0.2, 0) is 4.79 Å². The Morgan fingerprint density at radius 1 is 1.59 bits per heavy atom. The van der Waals surface area contributed by atoms with E-state index in [0.717, 1.165) is 17.4 Å². The van der Waals surface area contributed by atoms with E-state index in [0.29, 0.717) is 11.4 Å². The van der Waals surface area contributed by atoms with Crippen molar-refractivity contribution >= 4 is 35.0 Å². The van der Waals surface area contributed by atoms with Crippen LogP contribution in [0, 0.1) is 5.82 Å². The molecule has 17 heavy (non-hydrogen) atoms. The highest BCUT2D eigenvalue weighted by atomic mass is 35.5. The van der Waals surface area contributed by atoms with Crippen LogP contribution in [-0.4, -0.2) is 17.6 Å². The summed E-state index contributed by atoms with van der Waals surface area (Å²) in [5, 5.41) is 9.00. The monoisotopic (exact) mass is 273 g/mol. The maximum atomic E-state index is 13.3. The van der Waals surface area contributed by atoms with Crippen molar-refractivity contribution in [1.82, 2.24) is 0 Å². The van der Waals surface area contributed by atoms with Crippen LogP contribution in [0.3, 0.4) is 0 Å². The molecule has 1 aromatic carbocycles. The van der Waals surface area contributed by atoms with E-state index >= 15 is 0 Å². The zero-order valence-electron chi connectivity index (χ0n) is 8.91. The van der Waals surface area contributed by atoms with E-state index in [9.17, 15) is 9.18 Å². The van der Waals surface area contributed by atoms with E-state index in [4.69, 9.17) is 16.7 Å². The molecule has 0 atom stereocenters. The lowest BCUT2D eigenvalue weighted by Gasteiger charge is -2.26. The Bertz CT molecular complexity index is 518. The molecule has 6 heteroatoms. The van der Waals surface area contributed by atoms with Crippen LogP contribution in [0.5, 0.6) is 0 Å². The molecule has 2 rings (SSSR count). The van der Waals surface area contributed by atoms with Gasteiger partial charge in [0.2, 0.25) is 0 Å². The Hall–Kier alpha value is -1.20. The molecular weight excluding hydrogens is 265 g/mol. The van der Waals surface area contributed by atoms with Crippen molar-refractivity contribution in [2.45, 2.75) is 11.8 Å². The molecule has 1 heterocycles. The highest BCUT2D eigenvalue weighted by Crippen LogP contribution is 2.42. The molecule has 0 spiro atoms. The number of carboxylic acid groups (broad SMARTS) is 1. The minimum Gasteiger partial charge on any atom is -0.477 e. The standard InChI is InChI=1S/C11H9ClFNO2S/c1-2-14-5-10(11(15)16)17-9-4-7(13)6(12)3-8(9)14/h3-5H,2H2,1H3,(H,15,16). The molecule has 0 aromatic heterocycles. The lowest BCUT2D eigenvalue weighted by Crippen LogP contribution is -2.21. The number of anilines is 1. The second-order valence-corrected chi connectivity index (χ2v) is 4.91. The molecule has 1 N–H and O–H groups in total. The number of thioether (sulfide) groups is 1. The normalized spacial score (nSPS) is 14.3.